The van der Waals surface area contributed by atoms with Gasteiger partial charge in [-0.2, -0.15) is 8.42 Å². The number of rotatable bonds is 2. The quantitative estimate of drug-likeness (QED) is 0.571. The summed E-state index contributed by atoms with van der Waals surface area (Å²) in [6, 6.07) is 1.25. The van der Waals surface area contributed by atoms with Crippen LogP contribution in [0.25, 0.3) is 0 Å². The van der Waals surface area contributed by atoms with Crippen LogP contribution >= 0.6 is 0 Å². The predicted octanol–water partition coefficient (Wildman–Crippen LogP) is 0.740. The molecule has 0 saturated carbocycles. The van der Waals surface area contributed by atoms with Gasteiger partial charge in [-0.15, -0.1) is 0 Å². The van der Waals surface area contributed by atoms with E-state index in [9.17, 15) is 0 Å². The predicted molar refractivity (Wildman–Crippen MR) is 47.6 cm³/mol. The molecule has 0 heterocycles. The van der Waals surface area contributed by atoms with Crippen molar-refractivity contribution in [2.75, 3.05) is 0 Å². The lowest BCUT2D eigenvalue weighted by atomic mass is 10.3. The molecule has 0 aromatic rings. The van der Waals surface area contributed by atoms with Gasteiger partial charge in [0.15, 0.2) is 0 Å². The number of hydrogen-bond acceptors (Lipinski definition) is 3. The fourth-order valence-corrected chi connectivity index (χ4v) is 0.667. The topological polar surface area (TPSA) is 86.6 Å². The molecular weight excluding hydrogens is 182 g/mol. The van der Waals surface area contributed by atoms with Crippen LogP contribution in [0.4, 0.5) is 0 Å². The number of hydrogen-bond donors (Lipinski definition) is 3. The van der Waals surface area contributed by atoms with Gasteiger partial charge in [-0.1, -0.05) is 27.7 Å². The lowest BCUT2D eigenvalue weighted by molar-refractivity contribution is 0.381. The van der Waals surface area contributed by atoms with Crippen molar-refractivity contribution in [2.24, 2.45) is 0 Å². The molecule has 0 bridgehead atoms. The fraction of sp³-hybridized carbons (Fsp3) is 1.00. The van der Waals surface area contributed by atoms with E-state index >= 15 is 0 Å². The molecular formula is C6H17NO4S. The minimum atomic E-state index is -4.67. The van der Waals surface area contributed by atoms with E-state index in [1.54, 1.807) is 0 Å². The third kappa shape index (κ3) is 52.2. The molecule has 0 aromatic carbocycles. The van der Waals surface area contributed by atoms with Gasteiger partial charge in [-0.05, 0) is 0 Å². The van der Waals surface area contributed by atoms with Gasteiger partial charge in [0, 0.05) is 12.1 Å². The van der Waals surface area contributed by atoms with E-state index in [0.29, 0.717) is 12.1 Å². The highest BCUT2D eigenvalue weighted by Crippen LogP contribution is 1.80. The molecule has 76 valence electrons. The van der Waals surface area contributed by atoms with Gasteiger partial charge in [-0.3, -0.25) is 9.11 Å². The SMILES string of the molecule is CC(C)NC(C)C.O=S(=O)(O)O. The van der Waals surface area contributed by atoms with Crippen LogP contribution in [0.2, 0.25) is 0 Å². The Kier molecular flexibility index (Phi) is 7.61. The lowest BCUT2D eigenvalue weighted by Gasteiger charge is -2.10. The van der Waals surface area contributed by atoms with E-state index in [-0.39, 0.29) is 0 Å². The molecule has 0 amide bonds. The summed E-state index contributed by atoms with van der Waals surface area (Å²) in [4.78, 5) is 0. The first kappa shape index (κ1) is 14.4. The molecule has 0 rings (SSSR count). The average molecular weight is 199 g/mol. The lowest BCUT2D eigenvalue weighted by Crippen LogP contribution is -2.29. The first-order valence-electron chi connectivity index (χ1n) is 3.59. The van der Waals surface area contributed by atoms with Gasteiger partial charge >= 0.3 is 10.4 Å². The van der Waals surface area contributed by atoms with Gasteiger partial charge in [0.25, 0.3) is 0 Å². The fourth-order valence-electron chi connectivity index (χ4n) is 0.667. The van der Waals surface area contributed by atoms with Crippen LogP contribution in [-0.4, -0.2) is 29.6 Å². The van der Waals surface area contributed by atoms with Crippen molar-refractivity contribution < 1.29 is 17.5 Å². The highest BCUT2D eigenvalue weighted by atomic mass is 32.3. The minimum absolute atomic E-state index is 0.625. The molecule has 0 radical (unpaired) electrons. The van der Waals surface area contributed by atoms with Gasteiger partial charge in [0.1, 0.15) is 0 Å². The summed E-state index contributed by atoms with van der Waals surface area (Å²) in [5, 5.41) is 3.31. The van der Waals surface area contributed by atoms with Gasteiger partial charge in [-0.25, -0.2) is 0 Å². The van der Waals surface area contributed by atoms with Crippen LogP contribution < -0.4 is 5.32 Å². The molecule has 0 saturated heterocycles. The Morgan fingerprint density at radius 2 is 1.17 bits per heavy atom. The summed E-state index contributed by atoms with van der Waals surface area (Å²) in [5.41, 5.74) is 0. The first-order chi connectivity index (χ1) is 5.13. The van der Waals surface area contributed by atoms with Crippen LogP contribution in [-0.2, 0) is 10.4 Å². The van der Waals surface area contributed by atoms with Crippen LogP contribution in [0.5, 0.6) is 0 Å². The molecule has 3 N–H and O–H groups in total. The maximum absolute atomic E-state index is 8.74. The first-order valence-corrected chi connectivity index (χ1v) is 4.98. The van der Waals surface area contributed by atoms with E-state index in [1.807, 2.05) is 0 Å². The maximum atomic E-state index is 8.74. The Hall–Kier alpha value is -0.170. The second kappa shape index (κ2) is 6.36. The zero-order chi connectivity index (χ0) is 10.4. The van der Waals surface area contributed by atoms with Crippen LogP contribution in [0.15, 0.2) is 0 Å². The number of nitrogens with one attached hydrogen (secondary N) is 1. The van der Waals surface area contributed by atoms with Crippen molar-refractivity contribution >= 4 is 10.4 Å². The Balaban J connectivity index is 0. The Morgan fingerprint density at radius 3 is 1.17 bits per heavy atom. The zero-order valence-electron chi connectivity index (χ0n) is 7.77. The molecule has 0 aromatic heterocycles. The molecule has 12 heavy (non-hydrogen) atoms. The second-order valence-corrected chi connectivity index (χ2v) is 3.82. The van der Waals surface area contributed by atoms with Crippen LogP contribution in [0, 0.1) is 0 Å². The van der Waals surface area contributed by atoms with Crippen molar-refractivity contribution in [3.8, 4) is 0 Å². The van der Waals surface area contributed by atoms with Gasteiger partial charge in [0.05, 0.1) is 0 Å². The molecule has 6 heteroatoms. The molecule has 0 aliphatic rings. The molecule has 0 fully saturated rings. The summed E-state index contributed by atoms with van der Waals surface area (Å²) >= 11 is 0. The highest BCUT2D eigenvalue weighted by molar-refractivity contribution is 7.79. The Labute approximate surface area is 73.8 Å². The molecule has 0 unspecified atom stereocenters. The standard InChI is InChI=1S/C6H15N.H2O4S/c1-5(2)7-6(3)4;1-5(2,3)4/h5-7H,1-4H3;(H2,1,2,3,4). The van der Waals surface area contributed by atoms with E-state index in [1.165, 1.54) is 0 Å². The maximum Gasteiger partial charge on any atom is 0.394 e. The van der Waals surface area contributed by atoms with Crippen molar-refractivity contribution in [1.82, 2.24) is 5.32 Å². The van der Waals surface area contributed by atoms with E-state index in [2.05, 4.69) is 33.0 Å². The summed E-state index contributed by atoms with van der Waals surface area (Å²) in [6.07, 6.45) is 0. The third-order valence-corrected chi connectivity index (χ3v) is 0.667. The van der Waals surface area contributed by atoms with Crippen LogP contribution in [0.3, 0.4) is 0 Å². The smallest absolute Gasteiger partial charge is 0.312 e. The molecule has 0 spiro atoms. The van der Waals surface area contributed by atoms with E-state index in [4.69, 9.17) is 17.5 Å². The summed E-state index contributed by atoms with van der Waals surface area (Å²) < 4.78 is 31.6. The largest absolute Gasteiger partial charge is 0.394 e. The minimum Gasteiger partial charge on any atom is -0.312 e. The monoisotopic (exact) mass is 199 g/mol. The third-order valence-electron chi connectivity index (χ3n) is 0.667. The Morgan fingerprint density at radius 1 is 1.00 bits per heavy atom. The normalized spacial score (nSPS) is 11.3. The summed E-state index contributed by atoms with van der Waals surface area (Å²) in [7, 11) is -4.67. The van der Waals surface area contributed by atoms with Crippen molar-refractivity contribution in [3.63, 3.8) is 0 Å². The van der Waals surface area contributed by atoms with Crippen LogP contribution in [0.1, 0.15) is 27.7 Å². The van der Waals surface area contributed by atoms with E-state index < -0.39 is 10.4 Å². The molecule has 5 nitrogen and oxygen atoms in total. The van der Waals surface area contributed by atoms with Gasteiger partial charge in [0.2, 0.25) is 0 Å². The van der Waals surface area contributed by atoms with Crippen molar-refractivity contribution in [1.29, 1.82) is 0 Å². The second-order valence-electron chi connectivity index (χ2n) is 2.92. The van der Waals surface area contributed by atoms with Crippen molar-refractivity contribution in [3.05, 3.63) is 0 Å². The van der Waals surface area contributed by atoms with Gasteiger partial charge < -0.3 is 5.32 Å². The molecule has 0 aliphatic carbocycles. The molecule has 0 aliphatic heterocycles. The average Bonchev–Trinajstić information content (AvgIpc) is 1.52. The summed E-state index contributed by atoms with van der Waals surface area (Å²) in [6.45, 7) is 8.61. The molecule has 0 atom stereocenters. The summed E-state index contributed by atoms with van der Waals surface area (Å²) in [5.74, 6) is 0. The van der Waals surface area contributed by atoms with Crippen molar-refractivity contribution in [2.45, 2.75) is 39.8 Å². The Bertz CT molecular complexity index is 172. The highest BCUT2D eigenvalue weighted by Gasteiger charge is 1.92. The van der Waals surface area contributed by atoms with E-state index in [0.717, 1.165) is 0 Å². The zero-order valence-corrected chi connectivity index (χ0v) is 8.59.